The summed E-state index contributed by atoms with van der Waals surface area (Å²) in [6, 6.07) is 11.4. The Bertz CT molecular complexity index is 590. The zero-order valence-corrected chi connectivity index (χ0v) is 11.5. The predicted octanol–water partition coefficient (Wildman–Crippen LogP) is 3.63. The van der Waals surface area contributed by atoms with Gasteiger partial charge in [-0.05, 0) is 47.7 Å². The molecule has 0 heterocycles. The first-order chi connectivity index (χ1) is 9.70. The highest BCUT2D eigenvalue weighted by Crippen LogP contribution is 2.19. The average molecular weight is 272 g/mol. The SMILES string of the molecule is O=C(O)c1ccc2cc(CCCCCCO)ccc2c1. The molecule has 0 aromatic heterocycles. The highest BCUT2D eigenvalue weighted by molar-refractivity contribution is 5.94. The molecule has 20 heavy (non-hydrogen) atoms. The van der Waals surface area contributed by atoms with Gasteiger partial charge in [0.15, 0.2) is 0 Å². The van der Waals surface area contributed by atoms with Gasteiger partial charge in [0.2, 0.25) is 0 Å². The molecule has 0 amide bonds. The van der Waals surface area contributed by atoms with Gasteiger partial charge in [0.1, 0.15) is 0 Å². The summed E-state index contributed by atoms with van der Waals surface area (Å²) in [5.74, 6) is -0.889. The van der Waals surface area contributed by atoms with Gasteiger partial charge in [0.05, 0.1) is 5.56 Å². The number of carbonyl (C=O) groups is 1. The van der Waals surface area contributed by atoms with Gasteiger partial charge in [-0.15, -0.1) is 0 Å². The maximum Gasteiger partial charge on any atom is 0.335 e. The maximum absolute atomic E-state index is 10.9. The fourth-order valence-corrected chi connectivity index (χ4v) is 2.38. The molecule has 3 heteroatoms. The van der Waals surface area contributed by atoms with Crippen LogP contribution in [0.2, 0.25) is 0 Å². The summed E-state index contributed by atoms with van der Waals surface area (Å²) in [5.41, 5.74) is 1.61. The van der Waals surface area contributed by atoms with E-state index in [0.717, 1.165) is 42.9 Å². The lowest BCUT2D eigenvalue weighted by atomic mass is 10.0. The van der Waals surface area contributed by atoms with E-state index in [-0.39, 0.29) is 6.61 Å². The van der Waals surface area contributed by atoms with Crippen molar-refractivity contribution in [3.8, 4) is 0 Å². The Hall–Kier alpha value is -1.87. The first-order valence-electron chi connectivity index (χ1n) is 7.07. The second-order valence-electron chi connectivity index (χ2n) is 5.09. The van der Waals surface area contributed by atoms with Gasteiger partial charge in [0, 0.05) is 6.61 Å². The molecular weight excluding hydrogens is 252 g/mol. The summed E-state index contributed by atoms with van der Waals surface area (Å²) in [4.78, 5) is 10.9. The van der Waals surface area contributed by atoms with Crippen LogP contribution in [0.15, 0.2) is 36.4 Å². The van der Waals surface area contributed by atoms with Crippen molar-refractivity contribution in [3.63, 3.8) is 0 Å². The summed E-state index contributed by atoms with van der Waals surface area (Å²) < 4.78 is 0. The molecule has 0 fully saturated rings. The van der Waals surface area contributed by atoms with Crippen molar-refractivity contribution in [1.29, 1.82) is 0 Å². The number of carboxylic acid groups (broad SMARTS) is 1. The molecular formula is C17H20O3. The van der Waals surface area contributed by atoms with Crippen LogP contribution in [0.1, 0.15) is 41.6 Å². The summed E-state index contributed by atoms with van der Waals surface area (Å²) >= 11 is 0. The van der Waals surface area contributed by atoms with Crippen molar-refractivity contribution in [2.75, 3.05) is 6.61 Å². The number of benzene rings is 2. The van der Waals surface area contributed by atoms with Gasteiger partial charge in [-0.2, -0.15) is 0 Å². The molecule has 0 aliphatic rings. The molecule has 0 unspecified atom stereocenters. The van der Waals surface area contributed by atoms with Gasteiger partial charge in [-0.25, -0.2) is 4.79 Å². The molecule has 0 radical (unpaired) electrons. The number of aliphatic hydroxyl groups is 1. The average Bonchev–Trinajstić information content (AvgIpc) is 2.46. The number of hydrogen-bond acceptors (Lipinski definition) is 2. The normalized spacial score (nSPS) is 10.8. The number of unbranched alkanes of at least 4 members (excludes halogenated alkanes) is 3. The molecule has 2 aromatic rings. The fraction of sp³-hybridized carbons (Fsp3) is 0.353. The standard InChI is InChI=1S/C17H20O3/c18-10-4-2-1-3-5-13-6-7-15-12-16(17(19)20)9-8-14(15)11-13/h6-9,11-12,18H,1-5,10H2,(H,19,20). The van der Waals surface area contributed by atoms with Gasteiger partial charge < -0.3 is 10.2 Å². The molecule has 2 N–H and O–H groups in total. The topological polar surface area (TPSA) is 57.5 Å². The van der Waals surface area contributed by atoms with Crippen molar-refractivity contribution in [2.24, 2.45) is 0 Å². The van der Waals surface area contributed by atoms with Crippen LogP contribution in [-0.2, 0) is 6.42 Å². The van der Waals surface area contributed by atoms with E-state index in [4.69, 9.17) is 10.2 Å². The Labute approximate surface area is 118 Å². The molecule has 106 valence electrons. The van der Waals surface area contributed by atoms with E-state index in [2.05, 4.69) is 12.1 Å². The van der Waals surface area contributed by atoms with Gasteiger partial charge >= 0.3 is 5.97 Å². The molecule has 0 aliphatic heterocycles. The van der Waals surface area contributed by atoms with E-state index in [9.17, 15) is 4.79 Å². The molecule has 0 spiro atoms. The summed E-state index contributed by atoms with van der Waals surface area (Å²) in [7, 11) is 0. The van der Waals surface area contributed by atoms with Crippen LogP contribution in [0, 0.1) is 0 Å². The number of carboxylic acids is 1. The summed E-state index contributed by atoms with van der Waals surface area (Å²) in [5, 5.41) is 19.7. The Balaban J connectivity index is 2.02. The lowest BCUT2D eigenvalue weighted by Crippen LogP contribution is -1.95. The van der Waals surface area contributed by atoms with E-state index in [0.29, 0.717) is 5.56 Å². The Morgan fingerprint density at radius 1 is 0.900 bits per heavy atom. The van der Waals surface area contributed by atoms with Crippen LogP contribution in [-0.4, -0.2) is 22.8 Å². The lowest BCUT2D eigenvalue weighted by Gasteiger charge is -2.05. The smallest absolute Gasteiger partial charge is 0.335 e. The Morgan fingerprint density at radius 3 is 2.35 bits per heavy atom. The predicted molar refractivity (Wildman–Crippen MR) is 80.2 cm³/mol. The van der Waals surface area contributed by atoms with Crippen molar-refractivity contribution in [3.05, 3.63) is 47.5 Å². The highest BCUT2D eigenvalue weighted by atomic mass is 16.4. The van der Waals surface area contributed by atoms with Crippen LogP contribution in [0.5, 0.6) is 0 Å². The zero-order chi connectivity index (χ0) is 14.4. The summed E-state index contributed by atoms with van der Waals surface area (Å²) in [6.07, 6.45) is 5.25. The number of aliphatic hydroxyl groups excluding tert-OH is 1. The monoisotopic (exact) mass is 272 g/mol. The first-order valence-corrected chi connectivity index (χ1v) is 7.07. The third-order valence-electron chi connectivity index (χ3n) is 3.53. The molecule has 0 bridgehead atoms. The van der Waals surface area contributed by atoms with Gasteiger partial charge in [-0.1, -0.05) is 37.1 Å². The number of rotatable bonds is 7. The van der Waals surface area contributed by atoms with E-state index >= 15 is 0 Å². The lowest BCUT2D eigenvalue weighted by molar-refractivity contribution is 0.0697. The third-order valence-corrected chi connectivity index (χ3v) is 3.53. The number of fused-ring (bicyclic) bond motifs is 1. The second-order valence-corrected chi connectivity index (χ2v) is 5.09. The van der Waals surface area contributed by atoms with E-state index in [1.54, 1.807) is 12.1 Å². The molecule has 3 nitrogen and oxygen atoms in total. The van der Waals surface area contributed by atoms with Crippen LogP contribution >= 0.6 is 0 Å². The largest absolute Gasteiger partial charge is 0.478 e. The molecule has 0 atom stereocenters. The van der Waals surface area contributed by atoms with Gasteiger partial charge in [-0.3, -0.25) is 0 Å². The van der Waals surface area contributed by atoms with E-state index in [1.165, 1.54) is 5.56 Å². The van der Waals surface area contributed by atoms with Crippen LogP contribution < -0.4 is 0 Å². The number of hydrogen-bond donors (Lipinski definition) is 2. The third kappa shape index (κ3) is 3.81. The molecule has 0 saturated carbocycles. The minimum atomic E-state index is -0.889. The Kier molecular flexibility index (Phi) is 5.13. The maximum atomic E-state index is 10.9. The van der Waals surface area contributed by atoms with Crippen LogP contribution in [0.4, 0.5) is 0 Å². The second kappa shape index (κ2) is 7.06. The number of aromatic carboxylic acids is 1. The number of aryl methyl sites for hydroxylation is 1. The quantitative estimate of drug-likeness (QED) is 0.757. The minimum Gasteiger partial charge on any atom is -0.478 e. The van der Waals surface area contributed by atoms with Crippen molar-refractivity contribution in [1.82, 2.24) is 0 Å². The fourth-order valence-electron chi connectivity index (χ4n) is 2.38. The Morgan fingerprint density at radius 2 is 1.60 bits per heavy atom. The van der Waals surface area contributed by atoms with Crippen molar-refractivity contribution < 1.29 is 15.0 Å². The summed E-state index contributed by atoms with van der Waals surface area (Å²) in [6.45, 7) is 0.280. The zero-order valence-electron chi connectivity index (χ0n) is 11.5. The molecule has 0 saturated heterocycles. The molecule has 2 rings (SSSR count). The van der Waals surface area contributed by atoms with E-state index < -0.39 is 5.97 Å². The first kappa shape index (κ1) is 14.5. The van der Waals surface area contributed by atoms with Crippen LogP contribution in [0.25, 0.3) is 10.8 Å². The van der Waals surface area contributed by atoms with Crippen LogP contribution in [0.3, 0.4) is 0 Å². The van der Waals surface area contributed by atoms with Crippen molar-refractivity contribution in [2.45, 2.75) is 32.1 Å². The highest BCUT2D eigenvalue weighted by Gasteiger charge is 2.04. The molecule has 0 aliphatic carbocycles. The molecule has 2 aromatic carbocycles. The van der Waals surface area contributed by atoms with Crippen molar-refractivity contribution >= 4 is 16.7 Å². The minimum absolute atomic E-state index is 0.280. The van der Waals surface area contributed by atoms with E-state index in [1.807, 2.05) is 12.1 Å². The van der Waals surface area contributed by atoms with Gasteiger partial charge in [0.25, 0.3) is 0 Å².